The van der Waals surface area contributed by atoms with E-state index in [1.165, 1.54) is 18.7 Å². The molecule has 0 bridgehead atoms. The Hall–Kier alpha value is -3.65. The van der Waals surface area contributed by atoms with Crippen molar-refractivity contribution in [3.8, 4) is 0 Å². The Labute approximate surface area is 240 Å². The summed E-state index contributed by atoms with van der Waals surface area (Å²) in [6.07, 6.45) is 2.56. The Morgan fingerprint density at radius 3 is 2.38 bits per heavy atom. The third-order valence-electron chi connectivity index (χ3n) is 6.41. The predicted octanol–water partition coefficient (Wildman–Crippen LogP) is 5.28. The molecule has 0 radical (unpaired) electrons. The number of carbonyl (C=O) groups is 4. The maximum absolute atomic E-state index is 13.6. The molecule has 3 aromatic rings. The molecule has 1 amide bonds. The average molecular weight is 564 g/mol. The molecule has 0 fully saturated rings. The first kappa shape index (κ1) is 30.9. The van der Waals surface area contributed by atoms with Crippen LogP contribution < -0.4 is 5.32 Å². The monoisotopic (exact) mass is 563 g/mol. The summed E-state index contributed by atoms with van der Waals surface area (Å²) < 4.78 is 10.3. The van der Waals surface area contributed by atoms with Crippen LogP contribution in [0.1, 0.15) is 44.2 Å². The van der Waals surface area contributed by atoms with Crippen LogP contribution in [0, 0.1) is 5.92 Å². The molecule has 2 atom stereocenters. The number of benzene rings is 3. The number of ketones is 1. The van der Waals surface area contributed by atoms with Gasteiger partial charge in [-0.3, -0.25) is 14.4 Å². The summed E-state index contributed by atoms with van der Waals surface area (Å²) in [6, 6.07) is 22.6. The van der Waals surface area contributed by atoms with E-state index in [2.05, 4.69) is 5.32 Å². The SMILES string of the molecule is CCCC[C@H](NC(=O)[C@H](CSCC(=O)COC(C)=O)Cc1cccc2ccccc12)C(=O)OCc1ccccc1. The van der Waals surface area contributed by atoms with Crippen molar-refractivity contribution in [2.75, 3.05) is 18.1 Å². The Balaban J connectivity index is 1.73. The minimum atomic E-state index is -0.762. The highest BCUT2D eigenvalue weighted by Crippen LogP contribution is 2.24. The molecule has 212 valence electrons. The smallest absolute Gasteiger partial charge is 0.328 e. The number of fused-ring (bicyclic) bond motifs is 1. The summed E-state index contributed by atoms with van der Waals surface area (Å²) >= 11 is 1.32. The Morgan fingerprint density at radius 1 is 0.900 bits per heavy atom. The lowest BCUT2D eigenvalue weighted by Gasteiger charge is -2.22. The van der Waals surface area contributed by atoms with Crippen LogP contribution in [0.3, 0.4) is 0 Å². The number of hydrogen-bond acceptors (Lipinski definition) is 7. The number of nitrogens with one attached hydrogen (secondary N) is 1. The minimum absolute atomic E-state index is 0.116. The zero-order valence-electron chi connectivity index (χ0n) is 23.1. The Bertz CT molecular complexity index is 1270. The van der Waals surface area contributed by atoms with Crippen LogP contribution in [-0.2, 0) is 41.7 Å². The number of hydrogen-bond donors (Lipinski definition) is 1. The van der Waals surface area contributed by atoms with Crippen LogP contribution in [0.4, 0.5) is 0 Å². The number of unbranched alkanes of at least 4 members (excludes halogenated alkanes) is 1. The molecule has 0 saturated carbocycles. The fourth-order valence-electron chi connectivity index (χ4n) is 4.28. The molecule has 1 N–H and O–H groups in total. The molecule has 0 aliphatic rings. The van der Waals surface area contributed by atoms with Crippen LogP contribution >= 0.6 is 11.8 Å². The predicted molar refractivity (Wildman–Crippen MR) is 158 cm³/mol. The molecule has 0 spiro atoms. The fraction of sp³-hybridized carbons (Fsp3) is 0.375. The van der Waals surface area contributed by atoms with Gasteiger partial charge in [-0.1, -0.05) is 92.6 Å². The maximum atomic E-state index is 13.6. The standard InChI is InChI=1S/C32H37NO6S/c1-3-4-17-30(32(37)39-19-24-11-6-5-7-12-24)33-31(36)27(21-40-22-28(35)20-38-23(2)34)18-26-15-10-14-25-13-8-9-16-29(25)26/h5-16,27,30H,3-4,17-22H2,1-2H3,(H,33,36)/t27-,30-/m0/s1. The molecule has 7 nitrogen and oxygen atoms in total. The highest BCUT2D eigenvalue weighted by Gasteiger charge is 2.27. The summed E-state index contributed by atoms with van der Waals surface area (Å²) in [7, 11) is 0. The Kier molecular flexibility index (Phi) is 12.7. The topological polar surface area (TPSA) is 98.8 Å². The summed E-state index contributed by atoms with van der Waals surface area (Å²) in [5.41, 5.74) is 1.89. The molecule has 0 aliphatic carbocycles. The van der Waals surface area contributed by atoms with Crippen LogP contribution in [0.15, 0.2) is 72.8 Å². The molecule has 0 saturated heterocycles. The zero-order valence-corrected chi connectivity index (χ0v) is 23.9. The molecule has 3 rings (SSSR count). The minimum Gasteiger partial charge on any atom is -0.459 e. The second-order valence-electron chi connectivity index (χ2n) is 9.67. The van der Waals surface area contributed by atoms with Crippen molar-refractivity contribution < 1.29 is 28.7 Å². The molecule has 0 heterocycles. The van der Waals surface area contributed by atoms with Crippen molar-refractivity contribution in [3.05, 3.63) is 83.9 Å². The first-order chi connectivity index (χ1) is 19.4. The Morgan fingerprint density at radius 2 is 1.62 bits per heavy atom. The maximum Gasteiger partial charge on any atom is 0.328 e. The van der Waals surface area contributed by atoms with Crippen LogP contribution in [0.2, 0.25) is 0 Å². The summed E-state index contributed by atoms with van der Waals surface area (Å²) in [5, 5.41) is 5.09. The van der Waals surface area contributed by atoms with Crippen LogP contribution in [-0.4, -0.2) is 47.8 Å². The van der Waals surface area contributed by atoms with E-state index in [4.69, 9.17) is 9.47 Å². The number of thioether (sulfide) groups is 1. The van der Waals surface area contributed by atoms with Gasteiger partial charge >= 0.3 is 11.9 Å². The lowest BCUT2D eigenvalue weighted by molar-refractivity contribution is -0.149. The number of rotatable bonds is 16. The van der Waals surface area contributed by atoms with E-state index in [0.717, 1.165) is 34.7 Å². The lowest BCUT2D eigenvalue weighted by Crippen LogP contribution is -2.45. The average Bonchev–Trinajstić information content (AvgIpc) is 2.97. The fourth-order valence-corrected chi connectivity index (χ4v) is 5.26. The highest BCUT2D eigenvalue weighted by molar-refractivity contribution is 7.99. The summed E-state index contributed by atoms with van der Waals surface area (Å²) in [6.45, 7) is 3.14. The third kappa shape index (κ3) is 10.2. The van der Waals surface area contributed by atoms with Crippen molar-refractivity contribution in [2.45, 2.75) is 52.2 Å². The normalized spacial score (nSPS) is 12.3. The molecule has 3 aromatic carbocycles. The van der Waals surface area contributed by atoms with Gasteiger partial charge in [-0.2, -0.15) is 11.8 Å². The first-order valence-corrected chi connectivity index (χ1v) is 14.7. The van der Waals surface area contributed by atoms with E-state index in [0.29, 0.717) is 18.6 Å². The van der Waals surface area contributed by atoms with Crippen molar-refractivity contribution in [2.24, 2.45) is 5.92 Å². The second-order valence-corrected chi connectivity index (χ2v) is 10.7. The number of carbonyl (C=O) groups excluding carboxylic acids is 4. The largest absolute Gasteiger partial charge is 0.459 e. The first-order valence-electron chi connectivity index (χ1n) is 13.6. The van der Waals surface area contributed by atoms with Crippen molar-refractivity contribution in [1.82, 2.24) is 5.32 Å². The lowest BCUT2D eigenvalue weighted by atomic mass is 9.95. The van der Waals surface area contributed by atoms with Gasteiger partial charge in [0.25, 0.3) is 0 Å². The third-order valence-corrected chi connectivity index (χ3v) is 7.57. The molecular formula is C32H37NO6S. The molecule has 0 aliphatic heterocycles. The van der Waals surface area contributed by atoms with Crippen molar-refractivity contribution >= 4 is 46.2 Å². The van der Waals surface area contributed by atoms with E-state index >= 15 is 0 Å². The number of Topliss-reactive ketones (excluding diaryl/α,β-unsaturated/α-hetero) is 1. The molecule has 0 aromatic heterocycles. The summed E-state index contributed by atoms with van der Waals surface area (Å²) in [5.74, 6) is -1.47. The molecule has 40 heavy (non-hydrogen) atoms. The van der Waals surface area contributed by atoms with Gasteiger partial charge in [-0.15, -0.1) is 0 Å². The van der Waals surface area contributed by atoms with E-state index in [-0.39, 0.29) is 30.7 Å². The van der Waals surface area contributed by atoms with Gasteiger partial charge in [0.1, 0.15) is 12.6 Å². The van der Waals surface area contributed by atoms with Crippen LogP contribution in [0.25, 0.3) is 10.8 Å². The quantitative estimate of drug-likeness (QED) is 0.237. The van der Waals surface area contributed by atoms with E-state index in [9.17, 15) is 19.2 Å². The van der Waals surface area contributed by atoms with Gasteiger partial charge in [-0.25, -0.2) is 4.79 Å². The van der Waals surface area contributed by atoms with Gasteiger partial charge in [0.15, 0.2) is 12.4 Å². The summed E-state index contributed by atoms with van der Waals surface area (Å²) in [4.78, 5) is 49.8. The zero-order chi connectivity index (χ0) is 28.7. The van der Waals surface area contributed by atoms with Gasteiger partial charge < -0.3 is 14.8 Å². The highest BCUT2D eigenvalue weighted by atomic mass is 32.2. The number of amides is 1. The van der Waals surface area contributed by atoms with Gasteiger partial charge in [0.2, 0.25) is 5.91 Å². The molecule has 0 unspecified atom stereocenters. The van der Waals surface area contributed by atoms with Crippen molar-refractivity contribution in [3.63, 3.8) is 0 Å². The van der Waals surface area contributed by atoms with E-state index in [1.807, 2.05) is 79.7 Å². The number of ether oxygens (including phenoxy) is 2. The van der Waals surface area contributed by atoms with Gasteiger partial charge in [-0.05, 0) is 34.7 Å². The number of esters is 2. The second kappa shape index (κ2) is 16.5. The van der Waals surface area contributed by atoms with E-state index < -0.39 is 23.9 Å². The molecular weight excluding hydrogens is 526 g/mol. The van der Waals surface area contributed by atoms with Crippen LogP contribution in [0.5, 0.6) is 0 Å². The van der Waals surface area contributed by atoms with Crippen molar-refractivity contribution in [1.29, 1.82) is 0 Å². The van der Waals surface area contributed by atoms with Gasteiger partial charge in [0, 0.05) is 12.7 Å². The van der Waals surface area contributed by atoms with Gasteiger partial charge in [0.05, 0.1) is 11.7 Å². The molecule has 8 heteroatoms. The van der Waals surface area contributed by atoms with E-state index in [1.54, 1.807) is 0 Å².